The van der Waals surface area contributed by atoms with Gasteiger partial charge in [0.1, 0.15) is 12.4 Å². The predicted molar refractivity (Wildman–Crippen MR) is 117 cm³/mol. The number of halogens is 1. The average Bonchev–Trinajstić information content (AvgIpc) is 3.02. The Bertz CT molecular complexity index is 667. The number of nitrogens with zero attached hydrogens (tertiary/aromatic N) is 3. The molecule has 6 nitrogen and oxygen atoms in total. The second-order valence-electron chi connectivity index (χ2n) is 6.14. The van der Waals surface area contributed by atoms with Crippen molar-refractivity contribution in [3.05, 3.63) is 47.8 Å². The maximum absolute atomic E-state index is 5.78. The lowest BCUT2D eigenvalue weighted by Crippen LogP contribution is -2.39. The van der Waals surface area contributed by atoms with Crippen LogP contribution in [0.1, 0.15) is 37.9 Å². The van der Waals surface area contributed by atoms with Crippen LogP contribution in [0.3, 0.4) is 0 Å². The molecule has 7 heteroatoms. The Kier molecular flexibility index (Phi) is 10.1. The first-order valence-electron chi connectivity index (χ1n) is 8.82. The summed E-state index contributed by atoms with van der Waals surface area (Å²) in [7, 11) is 1.92. The molecule has 1 aromatic carbocycles. The van der Waals surface area contributed by atoms with E-state index in [9.17, 15) is 0 Å². The molecule has 0 aliphatic heterocycles. The number of benzene rings is 1. The van der Waals surface area contributed by atoms with Crippen molar-refractivity contribution in [2.75, 3.05) is 19.7 Å². The van der Waals surface area contributed by atoms with Crippen molar-refractivity contribution >= 4 is 29.9 Å². The molecule has 0 aliphatic rings. The largest absolute Gasteiger partial charge is 0.492 e. The molecule has 0 aliphatic carbocycles. The Morgan fingerprint density at radius 3 is 2.50 bits per heavy atom. The van der Waals surface area contributed by atoms with Gasteiger partial charge in [0.25, 0.3) is 0 Å². The van der Waals surface area contributed by atoms with Crippen LogP contribution in [-0.2, 0) is 13.6 Å². The molecule has 0 saturated heterocycles. The second-order valence-corrected chi connectivity index (χ2v) is 6.14. The van der Waals surface area contributed by atoms with Crippen LogP contribution in [0.2, 0.25) is 0 Å². The molecule has 0 spiro atoms. The molecule has 0 unspecified atom stereocenters. The summed E-state index contributed by atoms with van der Waals surface area (Å²) >= 11 is 0. The van der Waals surface area contributed by atoms with Crippen LogP contribution in [-0.4, -0.2) is 35.4 Å². The van der Waals surface area contributed by atoms with Crippen LogP contribution < -0.4 is 15.4 Å². The van der Waals surface area contributed by atoms with Gasteiger partial charge < -0.3 is 15.4 Å². The molecule has 0 atom stereocenters. The summed E-state index contributed by atoms with van der Waals surface area (Å²) in [5, 5.41) is 10.7. The Morgan fingerprint density at radius 2 is 1.92 bits per heavy atom. The van der Waals surface area contributed by atoms with Gasteiger partial charge in [-0.1, -0.05) is 26.0 Å². The van der Waals surface area contributed by atoms with Crippen molar-refractivity contribution in [3.63, 3.8) is 0 Å². The molecule has 0 amide bonds. The minimum absolute atomic E-state index is 0. The van der Waals surface area contributed by atoms with Crippen LogP contribution in [0.4, 0.5) is 0 Å². The third-order valence-electron chi connectivity index (χ3n) is 3.88. The van der Waals surface area contributed by atoms with Gasteiger partial charge in [-0.25, -0.2) is 4.99 Å². The number of aryl methyl sites for hydroxylation is 1. The SMILES string of the molecule is CCNC(=NCc1ccnn1C)NCCOc1ccc(C(C)C)cc1.I. The van der Waals surface area contributed by atoms with Gasteiger partial charge in [-0.05, 0) is 36.6 Å². The molecule has 1 aromatic heterocycles. The number of aliphatic imine (C=N–C) groups is 1. The zero-order valence-corrected chi connectivity index (χ0v) is 18.4. The van der Waals surface area contributed by atoms with Crippen LogP contribution in [0.15, 0.2) is 41.5 Å². The maximum Gasteiger partial charge on any atom is 0.191 e. The standard InChI is InChI=1S/C19H29N5O.HI/c1-5-20-19(22-14-17-10-11-23-24(17)4)21-12-13-25-18-8-6-16(7-9-18)15(2)3;/h6-11,15H,5,12-14H2,1-4H3,(H2,20,21,22);1H. The molecular weight excluding hydrogens is 441 g/mol. The van der Waals surface area contributed by atoms with E-state index < -0.39 is 0 Å². The highest BCUT2D eigenvalue weighted by molar-refractivity contribution is 14.0. The van der Waals surface area contributed by atoms with E-state index in [1.54, 1.807) is 6.20 Å². The summed E-state index contributed by atoms with van der Waals surface area (Å²) in [6, 6.07) is 10.3. The molecule has 144 valence electrons. The smallest absolute Gasteiger partial charge is 0.191 e. The van der Waals surface area contributed by atoms with E-state index in [1.165, 1.54) is 5.56 Å². The van der Waals surface area contributed by atoms with E-state index in [2.05, 4.69) is 46.7 Å². The molecule has 1 heterocycles. The summed E-state index contributed by atoms with van der Waals surface area (Å²) < 4.78 is 7.61. The molecule has 2 rings (SSSR count). The summed E-state index contributed by atoms with van der Waals surface area (Å²) in [4.78, 5) is 4.57. The van der Waals surface area contributed by atoms with Gasteiger partial charge in [0.05, 0.1) is 18.8 Å². The van der Waals surface area contributed by atoms with Gasteiger partial charge in [0.15, 0.2) is 5.96 Å². The van der Waals surface area contributed by atoms with Gasteiger partial charge in [-0.2, -0.15) is 5.10 Å². The van der Waals surface area contributed by atoms with Crippen molar-refractivity contribution < 1.29 is 4.74 Å². The molecule has 0 fully saturated rings. The molecule has 0 bridgehead atoms. The maximum atomic E-state index is 5.78. The average molecular weight is 471 g/mol. The highest BCUT2D eigenvalue weighted by Gasteiger charge is 2.02. The lowest BCUT2D eigenvalue weighted by molar-refractivity contribution is 0.322. The number of ether oxygens (including phenoxy) is 1. The molecule has 0 radical (unpaired) electrons. The Labute approximate surface area is 173 Å². The second kappa shape index (κ2) is 11.8. The Morgan fingerprint density at radius 1 is 1.19 bits per heavy atom. The van der Waals surface area contributed by atoms with Crippen LogP contribution in [0.5, 0.6) is 5.75 Å². The molecule has 0 saturated carbocycles. The first kappa shape index (κ1) is 22.3. The van der Waals surface area contributed by atoms with E-state index in [0.29, 0.717) is 25.6 Å². The van der Waals surface area contributed by atoms with E-state index in [-0.39, 0.29) is 24.0 Å². The lowest BCUT2D eigenvalue weighted by Gasteiger charge is -2.12. The van der Waals surface area contributed by atoms with E-state index in [0.717, 1.165) is 23.9 Å². The topological polar surface area (TPSA) is 63.5 Å². The van der Waals surface area contributed by atoms with Crippen LogP contribution in [0.25, 0.3) is 0 Å². The van der Waals surface area contributed by atoms with Crippen LogP contribution >= 0.6 is 24.0 Å². The lowest BCUT2D eigenvalue weighted by atomic mass is 10.0. The number of aromatic nitrogens is 2. The number of hydrogen-bond donors (Lipinski definition) is 2. The van der Waals surface area contributed by atoms with Gasteiger partial charge in [0.2, 0.25) is 0 Å². The zero-order valence-electron chi connectivity index (χ0n) is 16.0. The van der Waals surface area contributed by atoms with Crippen molar-refractivity contribution in [2.24, 2.45) is 12.0 Å². The van der Waals surface area contributed by atoms with Gasteiger partial charge in [-0.15, -0.1) is 24.0 Å². The number of rotatable bonds is 8. The zero-order chi connectivity index (χ0) is 18.1. The van der Waals surface area contributed by atoms with E-state index in [1.807, 2.05) is 36.9 Å². The number of hydrogen-bond acceptors (Lipinski definition) is 3. The fourth-order valence-electron chi connectivity index (χ4n) is 2.35. The van der Waals surface area contributed by atoms with Gasteiger partial charge >= 0.3 is 0 Å². The molecular formula is C19H30IN5O. The summed E-state index contributed by atoms with van der Waals surface area (Å²) in [6.45, 7) is 9.09. The van der Waals surface area contributed by atoms with Gasteiger partial charge in [0, 0.05) is 19.8 Å². The normalized spacial score (nSPS) is 11.2. The van der Waals surface area contributed by atoms with Crippen molar-refractivity contribution in [3.8, 4) is 5.75 Å². The number of guanidine groups is 1. The summed E-state index contributed by atoms with van der Waals surface area (Å²) in [6.07, 6.45) is 1.78. The van der Waals surface area contributed by atoms with Gasteiger partial charge in [-0.3, -0.25) is 4.68 Å². The van der Waals surface area contributed by atoms with Crippen LogP contribution in [0, 0.1) is 0 Å². The predicted octanol–water partition coefficient (Wildman–Crippen LogP) is 3.30. The minimum Gasteiger partial charge on any atom is -0.492 e. The molecule has 2 N–H and O–H groups in total. The minimum atomic E-state index is 0. The van der Waals surface area contributed by atoms with Crippen molar-refractivity contribution in [1.29, 1.82) is 0 Å². The monoisotopic (exact) mass is 471 g/mol. The quantitative estimate of drug-likeness (QED) is 0.269. The fraction of sp³-hybridized carbons (Fsp3) is 0.474. The summed E-state index contributed by atoms with van der Waals surface area (Å²) in [5.41, 5.74) is 2.39. The van der Waals surface area contributed by atoms with Crippen molar-refractivity contribution in [1.82, 2.24) is 20.4 Å². The van der Waals surface area contributed by atoms with E-state index >= 15 is 0 Å². The first-order valence-corrected chi connectivity index (χ1v) is 8.82. The number of nitrogens with one attached hydrogen (secondary N) is 2. The van der Waals surface area contributed by atoms with Crippen molar-refractivity contribution in [2.45, 2.75) is 33.2 Å². The Hall–Kier alpha value is -1.77. The third kappa shape index (κ3) is 7.23. The molecule has 26 heavy (non-hydrogen) atoms. The highest BCUT2D eigenvalue weighted by Crippen LogP contribution is 2.18. The third-order valence-corrected chi connectivity index (χ3v) is 3.88. The highest BCUT2D eigenvalue weighted by atomic mass is 127. The first-order chi connectivity index (χ1) is 12.1. The van der Waals surface area contributed by atoms with E-state index in [4.69, 9.17) is 4.74 Å². The fourth-order valence-corrected chi connectivity index (χ4v) is 2.35. The molecule has 2 aromatic rings. The summed E-state index contributed by atoms with van der Waals surface area (Å²) in [5.74, 6) is 2.21. The Balaban J connectivity index is 0.00000338.